The lowest BCUT2D eigenvalue weighted by Gasteiger charge is -2.09. The Balaban J connectivity index is 2.03. The van der Waals surface area contributed by atoms with E-state index in [9.17, 15) is 14.9 Å². The summed E-state index contributed by atoms with van der Waals surface area (Å²) < 4.78 is 12.4. The van der Waals surface area contributed by atoms with Crippen LogP contribution < -0.4 is 15.0 Å². The van der Waals surface area contributed by atoms with Crippen LogP contribution in [0.15, 0.2) is 29.1 Å². The van der Waals surface area contributed by atoms with Crippen LogP contribution in [0.3, 0.4) is 0 Å². The summed E-state index contributed by atoms with van der Waals surface area (Å²) >= 11 is 0. The number of hydrogen-bond acceptors (Lipinski definition) is 5. The van der Waals surface area contributed by atoms with Crippen molar-refractivity contribution in [1.29, 1.82) is 0 Å². The standard InChI is InChI=1S/C16H10N2O5/c19-16-12-6-14-13(22-7-23-14)5-10(12)11-4-9(18(20)21)3-8-1-2-17(16)15(8)11/h3-6H,1-2,7H2. The van der Waals surface area contributed by atoms with Crippen LogP contribution >= 0.6 is 0 Å². The number of nitrogens with zero attached hydrogens (tertiary/aromatic N) is 2. The molecule has 0 atom stereocenters. The van der Waals surface area contributed by atoms with Gasteiger partial charge in [0.1, 0.15) is 0 Å². The van der Waals surface area contributed by atoms with Crippen molar-refractivity contribution in [1.82, 2.24) is 4.57 Å². The SMILES string of the molecule is O=c1c2cc3c(cc2c2cc([N+](=O)[O-])cc4c2n1CC4)OCO3. The Morgan fingerprint density at radius 3 is 2.52 bits per heavy atom. The molecule has 3 aromatic rings. The first-order valence-electron chi connectivity index (χ1n) is 7.20. The molecule has 0 radical (unpaired) electrons. The van der Waals surface area contributed by atoms with Crippen molar-refractivity contribution >= 4 is 27.4 Å². The van der Waals surface area contributed by atoms with Crippen molar-refractivity contribution in [2.45, 2.75) is 13.0 Å². The molecule has 0 aliphatic carbocycles. The lowest BCUT2D eigenvalue weighted by atomic mass is 10.0. The molecule has 0 unspecified atom stereocenters. The molecular weight excluding hydrogens is 300 g/mol. The topological polar surface area (TPSA) is 83.6 Å². The van der Waals surface area contributed by atoms with Crippen LogP contribution in [-0.2, 0) is 13.0 Å². The maximum absolute atomic E-state index is 12.8. The van der Waals surface area contributed by atoms with E-state index in [1.807, 2.05) is 0 Å². The fraction of sp³-hybridized carbons (Fsp3) is 0.188. The van der Waals surface area contributed by atoms with Gasteiger partial charge in [0, 0.05) is 29.4 Å². The normalized spacial score (nSPS) is 14.8. The quantitative estimate of drug-likeness (QED) is 0.391. The molecule has 7 nitrogen and oxygen atoms in total. The van der Waals surface area contributed by atoms with Gasteiger partial charge >= 0.3 is 0 Å². The average molecular weight is 310 g/mol. The summed E-state index contributed by atoms with van der Waals surface area (Å²) in [6.07, 6.45) is 0.621. The van der Waals surface area contributed by atoms with Crippen LogP contribution in [0, 0.1) is 10.1 Å². The third-order valence-corrected chi connectivity index (χ3v) is 4.54. The highest BCUT2D eigenvalue weighted by Gasteiger charge is 2.25. The molecule has 0 fully saturated rings. The minimum Gasteiger partial charge on any atom is -0.454 e. The monoisotopic (exact) mass is 310 g/mol. The Labute approximate surface area is 128 Å². The number of fused-ring (bicyclic) bond motifs is 3. The van der Waals surface area contributed by atoms with Crippen LogP contribution in [0.4, 0.5) is 5.69 Å². The first-order valence-corrected chi connectivity index (χ1v) is 7.20. The van der Waals surface area contributed by atoms with E-state index in [-0.39, 0.29) is 18.0 Å². The van der Waals surface area contributed by atoms with Gasteiger partial charge in [-0.3, -0.25) is 14.9 Å². The number of pyridine rings is 1. The molecule has 2 aromatic carbocycles. The van der Waals surface area contributed by atoms with E-state index in [1.54, 1.807) is 22.8 Å². The first-order chi connectivity index (χ1) is 11.1. The molecule has 2 aliphatic heterocycles. The Bertz CT molecular complexity index is 1100. The minimum absolute atomic E-state index is 0.0403. The first kappa shape index (κ1) is 12.5. The Morgan fingerprint density at radius 1 is 1.04 bits per heavy atom. The van der Waals surface area contributed by atoms with Crippen LogP contribution in [0.5, 0.6) is 11.5 Å². The van der Waals surface area contributed by atoms with E-state index in [0.29, 0.717) is 40.6 Å². The van der Waals surface area contributed by atoms with E-state index in [2.05, 4.69) is 0 Å². The highest BCUT2D eigenvalue weighted by Crippen LogP contribution is 2.39. The van der Waals surface area contributed by atoms with E-state index >= 15 is 0 Å². The Hall–Kier alpha value is -3.09. The molecule has 0 bridgehead atoms. The van der Waals surface area contributed by atoms with Crippen molar-refractivity contribution in [2.75, 3.05) is 6.79 Å². The number of aromatic nitrogens is 1. The number of benzene rings is 2. The van der Waals surface area contributed by atoms with Gasteiger partial charge in [-0.15, -0.1) is 0 Å². The maximum atomic E-state index is 12.8. The van der Waals surface area contributed by atoms with Gasteiger partial charge in [-0.1, -0.05) is 0 Å². The van der Waals surface area contributed by atoms with Gasteiger partial charge in [0.25, 0.3) is 11.2 Å². The largest absolute Gasteiger partial charge is 0.454 e. The Kier molecular flexibility index (Phi) is 2.17. The third kappa shape index (κ3) is 1.51. The van der Waals surface area contributed by atoms with Crippen molar-refractivity contribution in [3.8, 4) is 11.5 Å². The molecule has 0 N–H and O–H groups in total. The molecule has 0 saturated heterocycles. The van der Waals surface area contributed by atoms with Crippen molar-refractivity contribution < 1.29 is 14.4 Å². The molecule has 2 aliphatic rings. The zero-order chi connectivity index (χ0) is 15.7. The molecule has 114 valence electrons. The van der Waals surface area contributed by atoms with Gasteiger partial charge in [-0.2, -0.15) is 0 Å². The smallest absolute Gasteiger partial charge is 0.270 e. The number of aryl methyl sites for hydroxylation is 2. The van der Waals surface area contributed by atoms with Crippen LogP contribution in [-0.4, -0.2) is 16.3 Å². The summed E-state index contributed by atoms with van der Waals surface area (Å²) in [4.78, 5) is 23.6. The van der Waals surface area contributed by atoms with Crippen LogP contribution in [0.25, 0.3) is 21.7 Å². The number of hydrogen-bond donors (Lipinski definition) is 0. The summed E-state index contributed by atoms with van der Waals surface area (Å²) in [5.74, 6) is 1.09. The van der Waals surface area contributed by atoms with Crippen LogP contribution in [0.2, 0.25) is 0 Å². The Morgan fingerprint density at radius 2 is 1.78 bits per heavy atom. The number of rotatable bonds is 1. The number of nitro groups is 1. The van der Waals surface area contributed by atoms with E-state index in [1.165, 1.54) is 6.07 Å². The van der Waals surface area contributed by atoms with Gasteiger partial charge in [0.15, 0.2) is 11.5 Å². The summed E-state index contributed by atoms with van der Waals surface area (Å²) in [6, 6.07) is 6.50. The summed E-state index contributed by atoms with van der Waals surface area (Å²) in [5, 5.41) is 13.1. The van der Waals surface area contributed by atoms with Gasteiger partial charge in [-0.05, 0) is 24.1 Å². The van der Waals surface area contributed by atoms with Crippen LogP contribution in [0.1, 0.15) is 5.56 Å². The zero-order valence-corrected chi connectivity index (χ0v) is 11.9. The molecule has 3 heterocycles. The molecule has 7 heteroatoms. The lowest BCUT2D eigenvalue weighted by Crippen LogP contribution is -2.18. The second-order valence-corrected chi connectivity index (χ2v) is 5.72. The maximum Gasteiger partial charge on any atom is 0.270 e. The average Bonchev–Trinajstić information content (AvgIpc) is 3.17. The molecule has 5 rings (SSSR count). The van der Waals surface area contributed by atoms with Gasteiger partial charge in [0.05, 0.1) is 15.8 Å². The second-order valence-electron chi connectivity index (χ2n) is 5.72. The molecule has 1 aromatic heterocycles. The van der Waals surface area contributed by atoms with E-state index < -0.39 is 4.92 Å². The predicted octanol–water partition coefficient (Wildman–Crippen LogP) is 2.35. The fourth-order valence-corrected chi connectivity index (χ4v) is 3.53. The second kappa shape index (κ2) is 4.01. The number of nitro benzene ring substituents is 1. The van der Waals surface area contributed by atoms with Crippen molar-refractivity contribution in [3.63, 3.8) is 0 Å². The summed E-state index contributed by atoms with van der Waals surface area (Å²) in [6.45, 7) is 0.652. The van der Waals surface area contributed by atoms with E-state index in [4.69, 9.17) is 9.47 Å². The molecule has 0 saturated carbocycles. The predicted molar refractivity (Wildman–Crippen MR) is 82.2 cm³/mol. The minimum atomic E-state index is -0.400. The van der Waals surface area contributed by atoms with Gasteiger partial charge in [-0.25, -0.2) is 0 Å². The summed E-state index contributed by atoms with van der Waals surface area (Å²) in [5.41, 5.74) is 1.56. The number of non-ortho nitro benzene ring substituents is 1. The molecule has 0 amide bonds. The van der Waals surface area contributed by atoms with E-state index in [0.717, 1.165) is 11.1 Å². The molecule has 0 spiro atoms. The summed E-state index contributed by atoms with van der Waals surface area (Å²) in [7, 11) is 0. The van der Waals surface area contributed by atoms with Gasteiger partial charge < -0.3 is 14.0 Å². The number of ether oxygens (including phenoxy) is 2. The molecule has 23 heavy (non-hydrogen) atoms. The highest BCUT2D eigenvalue weighted by atomic mass is 16.7. The molecular formula is C16H10N2O5. The lowest BCUT2D eigenvalue weighted by molar-refractivity contribution is -0.384. The third-order valence-electron chi connectivity index (χ3n) is 4.54. The highest BCUT2D eigenvalue weighted by molar-refractivity contribution is 6.09. The zero-order valence-electron chi connectivity index (χ0n) is 11.9. The van der Waals surface area contributed by atoms with Crippen molar-refractivity contribution in [3.05, 3.63) is 50.3 Å². The van der Waals surface area contributed by atoms with Crippen molar-refractivity contribution in [2.24, 2.45) is 0 Å². The van der Waals surface area contributed by atoms with Gasteiger partial charge in [0.2, 0.25) is 6.79 Å². The fourth-order valence-electron chi connectivity index (χ4n) is 3.53.